The van der Waals surface area contributed by atoms with Gasteiger partial charge in [-0.15, -0.1) is 0 Å². The lowest BCUT2D eigenvalue weighted by Gasteiger charge is -2.13. The van der Waals surface area contributed by atoms with E-state index >= 15 is 0 Å². The molecule has 0 spiro atoms. The van der Waals surface area contributed by atoms with Crippen molar-refractivity contribution in [2.75, 3.05) is 7.11 Å². The first-order chi connectivity index (χ1) is 10.0. The first-order valence-corrected chi connectivity index (χ1v) is 7.47. The van der Waals surface area contributed by atoms with Crippen LogP contribution in [0.4, 0.5) is 0 Å². The van der Waals surface area contributed by atoms with E-state index in [0.29, 0.717) is 22.2 Å². The predicted molar refractivity (Wildman–Crippen MR) is 84.4 cm³/mol. The van der Waals surface area contributed by atoms with Gasteiger partial charge in [-0.1, -0.05) is 33.6 Å². The van der Waals surface area contributed by atoms with Crippen LogP contribution in [-0.2, 0) is 4.74 Å². The molecule has 0 aliphatic carbocycles. The highest BCUT2D eigenvalue weighted by Crippen LogP contribution is 2.38. The molecule has 0 aliphatic heterocycles. The van der Waals surface area contributed by atoms with Crippen molar-refractivity contribution >= 4 is 33.5 Å². The molecular formula is C15H13BrClNO3. The van der Waals surface area contributed by atoms with Crippen molar-refractivity contribution in [3.05, 3.63) is 52.7 Å². The molecule has 0 fully saturated rings. The number of halogens is 2. The maximum Gasteiger partial charge on any atom is 0.339 e. The fraction of sp³-hybridized carbons (Fsp3) is 0.200. The molecule has 6 heteroatoms. The molecule has 1 atom stereocenters. The summed E-state index contributed by atoms with van der Waals surface area (Å²) in [7, 11) is 1.32. The molecule has 1 aromatic carbocycles. The second-order valence-electron chi connectivity index (χ2n) is 4.25. The van der Waals surface area contributed by atoms with Gasteiger partial charge in [-0.3, -0.25) is 0 Å². The van der Waals surface area contributed by atoms with Gasteiger partial charge >= 0.3 is 5.97 Å². The smallest absolute Gasteiger partial charge is 0.339 e. The molecule has 21 heavy (non-hydrogen) atoms. The third-order valence-electron chi connectivity index (χ3n) is 2.78. The van der Waals surface area contributed by atoms with Gasteiger partial charge in [-0.2, -0.15) is 0 Å². The highest BCUT2D eigenvalue weighted by molar-refractivity contribution is 9.09. The van der Waals surface area contributed by atoms with Crippen LogP contribution in [0.5, 0.6) is 11.6 Å². The van der Waals surface area contributed by atoms with E-state index in [9.17, 15) is 4.79 Å². The van der Waals surface area contributed by atoms with Crippen molar-refractivity contribution < 1.29 is 14.3 Å². The summed E-state index contributed by atoms with van der Waals surface area (Å²) in [6, 6.07) is 8.62. The predicted octanol–water partition coefficient (Wildman–Crippen LogP) is 4.77. The molecule has 4 nitrogen and oxygen atoms in total. The van der Waals surface area contributed by atoms with Crippen LogP contribution in [0.15, 0.2) is 36.5 Å². The van der Waals surface area contributed by atoms with Crippen LogP contribution in [0.3, 0.4) is 0 Å². The number of nitrogens with zero attached hydrogens (tertiary/aromatic N) is 1. The summed E-state index contributed by atoms with van der Waals surface area (Å²) in [6.07, 6.45) is 1.41. The highest BCUT2D eigenvalue weighted by Gasteiger charge is 2.14. The number of hydrogen-bond acceptors (Lipinski definition) is 4. The zero-order valence-corrected chi connectivity index (χ0v) is 13.8. The maximum atomic E-state index is 11.3. The topological polar surface area (TPSA) is 48.4 Å². The third-order valence-corrected chi connectivity index (χ3v) is 3.57. The van der Waals surface area contributed by atoms with Crippen molar-refractivity contribution in [1.82, 2.24) is 4.98 Å². The lowest BCUT2D eigenvalue weighted by Crippen LogP contribution is -2.02. The Morgan fingerprint density at radius 1 is 1.33 bits per heavy atom. The normalized spacial score (nSPS) is 11.8. The lowest BCUT2D eigenvalue weighted by molar-refractivity contribution is 0.0600. The number of carbonyl (C=O) groups excluding carboxylic acids is 1. The van der Waals surface area contributed by atoms with Crippen LogP contribution < -0.4 is 4.74 Å². The Morgan fingerprint density at radius 2 is 2.10 bits per heavy atom. The molecule has 2 aromatic rings. The van der Waals surface area contributed by atoms with Crippen molar-refractivity contribution in [2.45, 2.75) is 11.8 Å². The average Bonchev–Trinajstić information content (AvgIpc) is 2.47. The van der Waals surface area contributed by atoms with Gasteiger partial charge in [-0.25, -0.2) is 9.78 Å². The lowest BCUT2D eigenvalue weighted by atomic mass is 10.1. The summed E-state index contributed by atoms with van der Waals surface area (Å²) >= 11 is 9.68. The summed E-state index contributed by atoms with van der Waals surface area (Å²) < 4.78 is 10.4. The second kappa shape index (κ2) is 6.91. The van der Waals surface area contributed by atoms with Gasteiger partial charge in [-0.05, 0) is 25.1 Å². The Balaban J connectivity index is 2.27. The monoisotopic (exact) mass is 369 g/mol. The zero-order chi connectivity index (χ0) is 15.4. The summed E-state index contributed by atoms with van der Waals surface area (Å²) in [5, 5.41) is 0.614. The number of aromatic nitrogens is 1. The van der Waals surface area contributed by atoms with Crippen LogP contribution in [0.25, 0.3) is 0 Å². The van der Waals surface area contributed by atoms with Gasteiger partial charge in [0.1, 0.15) is 5.75 Å². The second-order valence-corrected chi connectivity index (χ2v) is 6.03. The molecule has 0 saturated heterocycles. The Bertz CT molecular complexity index is 644. The van der Waals surface area contributed by atoms with Gasteiger partial charge in [0.15, 0.2) is 0 Å². The first-order valence-electron chi connectivity index (χ1n) is 6.17. The molecule has 2 rings (SSSR count). The molecule has 0 saturated carbocycles. The van der Waals surface area contributed by atoms with E-state index in [2.05, 4.69) is 25.7 Å². The minimum atomic E-state index is -0.438. The number of methoxy groups -OCH3 is 1. The highest BCUT2D eigenvalue weighted by atomic mass is 79.9. The number of rotatable bonds is 4. The number of esters is 1. The number of ether oxygens (including phenoxy) is 2. The van der Waals surface area contributed by atoms with Gasteiger partial charge in [0.2, 0.25) is 5.88 Å². The van der Waals surface area contributed by atoms with Gasteiger partial charge in [0.05, 0.1) is 12.7 Å². The SMILES string of the molecule is COC(=O)c1ccc(Oc2cccc(Cl)c2C(C)Br)nc1. The van der Waals surface area contributed by atoms with Gasteiger partial charge < -0.3 is 9.47 Å². The van der Waals surface area contributed by atoms with E-state index in [1.165, 1.54) is 13.3 Å². The molecule has 0 amide bonds. The Morgan fingerprint density at radius 3 is 2.67 bits per heavy atom. The van der Waals surface area contributed by atoms with Crippen LogP contribution in [0.1, 0.15) is 27.7 Å². The van der Waals surface area contributed by atoms with Crippen LogP contribution in [0.2, 0.25) is 5.02 Å². The van der Waals surface area contributed by atoms with Gasteiger partial charge in [0, 0.05) is 27.7 Å². The summed E-state index contributed by atoms with van der Waals surface area (Å²) in [5.41, 5.74) is 1.21. The molecule has 0 aliphatic rings. The first kappa shape index (κ1) is 15.8. The molecule has 0 N–H and O–H groups in total. The molecule has 0 radical (unpaired) electrons. The minimum Gasteiger partial charge on any atom is -0.465 e. The van der Waals surface area contributed by atoms with Gasteiger partial charge in [0.25, 0.3) is 0 Å². The third kappa shape index (κ3) is 3.74. The number of carbonyl (C=O) groups is 1. The summed E-state index contributed by atoms with van der Waals surface area (Å²) in [6.45, 7) is 1.96. The van der Waals surface area contributed by atoms with Crippen molar-refractivity contribution in [3.63, 3.8) is 0 Å². The molecular weight excluding hydrogens is 358 g/mol. The largest absolute Gasteiger partial charge is 0.465 e. The summed E-state index contributed by atoms with van der Waals surface area (Å²) in [4.78, 5) is 15.5. The zero-order valence-electron chi connectivity index (χ0n) is 11.5. The Hall–Kier alpha value is -1.59. The van der Waals surface area contributed by atoms with Crippen LogP contribution in [-0.4, -0.2) is 18.1 Å². The van der Waals surface area contributed by atoms with E-state index in [0.717, 1.165) is 5.56 Å². The molecule has 1 unspecified atom stereocenters. The fourth-order valence-electron chi connectivity index (χ4n) is 1.78. The van der Waals surface area contributed by atoms with E-state index in [1.807, 2.05) is 13.0 Å². The summed E-state index contributed by atoms with van der Waals surface area (Å²) in [5.74, 6) is 0.552. The fourth-order valence-corrected chi connectivity index (χ4v) is 2.72. The molecule has 0 bridgehead atoms. The van der Waals surface area contributed by atoms with Crippen molar-refractivity contribution in [2.24, 2.45) is 0 Å². The van der Waals surface area contributed by atoms with E-state index < -0.39 is 5.97 Å². The minimum absolute atomic E-state index is 0.0375. The number of alkyl halides is 1. The standard InChI is InChI=1S/C15H13BrClNO3/c1-9(16)14-11(17)4-3-5-12(14)21-13-7-6-10(8-18-13)15(19)20-2/h3-9H,1-2H3. The maximum absolute atomic E-state index is 11.3. The number of pyridine rings is 1. The van der Waals surface area contributed by atoms with Crippen molar-refractivity contribution in [1.29, 1.82) is 0 Å². The molecule has 1 heterocycles. The van der Waals surface area contributed by atoms with Crippen LogP contribution in [0, 0.1) is 0 Å². The van der Waals surface area contributed by atoms with E-state index in [1.54, 1.807) is 24.3 Å². The Labute approximate surface area is 136 Å². The van der Waals surface area contributed by atoms with Crippen molar-refractivity contribution in [3.8, 4) is 11.6 Å². The molecule has 110 valence electrons. The number of hydrogen-bond donors (Lipinski definition) is 0. The van der Waals surface area contributed by atoms with Crippen LogP contribution >= 0.6 is 27.5 Å². The Kier molecular flexibility index (Phi) is 5.20. The van der Waals surface area contributed by atoms with E-state index in [-0.39, 0.29) is 4.83 Å². The van der Waals surface area contributed by atoms with E-state index in [4.69, 9.17) is 16.3 Å². The quantitative estimate of drug-likeness (QED) is 0.574. The average molecular weight is 371 g/mol. The number of benzene rings is 1. The molecule has 1 aromatic heterocycles.